The summed E-state index contributed by atoms with van der Waals surface area (Å²) in [5, 5.41) is 39.4. The Labute approximate surface area is 375 Å². The smallest absolute Gasteiger partial charge is 0.326 e. The number of nitrogens with zero attached hydrogens (tertiary/aromatic N) is 2. The Bertz CT molecular complexity index is 2330. The summed E-state index contributed by atoms with van der Waals surface area (Å²) in [7, 11) is 0. The molecule has 2 aromatic carbocycles. The molecule has 0 aliphatic carbocycles. The molecule has 8 amide bonds. The van der Waals surface area contributed by atoms with Crippen LogP contribution in [0.5, 0.6) is 5.75 Å². The molecule has 65 heavy (non-hydrogen) atoms. The number of rotatable bonds is 11. The zero-order valence-electron chi connectivity index (χ0n) is 36.7. The molecule has 2 saturated heterocycles. The highest BCUT2D eigenvalue weighted by molar-refractivity contribution is 5.99. The largest absolute Gasteiger partial charge is 0.508 e. The summed E-state index contributed by atoms with van der Waals surface area (Å²) >= 11 is 0. The summed E-state index contributed by atoms with van der Waals surface area (Å²) in [5.74, 6) is -7.68. The first-order chi connectivity index (χ1) is 30.9. The highest BCUT2D eigenvalue weighted by atomic mass is 16.4. The van der Waals surface area contributed by atoms with E-state index < -0.39 is 108 Å². The van der Waals surface area contributed by atoms with Gasteiger partial charge in [0.05, 0.1) is 12.1 Å². The van der Waals surface area contributed by atoms with E-state index in [9.17, 15) is 53.4 Å². The van der Waals surface area contributed by atoms with Gasteiger partial charge in [-0.1, -0.05) is 64.4 Å². The van der Waals surface area contributed by atoms with E-state index in [1.165, 1.54) is 27.8 Å². The minimum absolute atomic E-state index is 0.0454. The SMILES string of the molecule is CC[C@H](C)[C@@H]1NC(=O)CNC(=O)[C@H](C(C)C)NC(=O)[C@H](NC(=O)[C@H](Cc2ccc(O)cc2)NC(=O)[C@@H]2CCCN2C(=O)[C@@H]2CCC(=O)N2)n2cc(c3ccccc32)C[C@@H](C(=O)O)NC1=O. The summed E-state index contributed by atoms with van der Waals surface area (Å²) in [4.78, 5) is 124. The number of carbonyl (C=O) groups excluding carboxylic acids is 8. The van der Waals surface area contributed by atoms with Crippen LogP contribution in [0, 0.1) is 11.8 Å². The molecule has 0 unspecified atom stereocenters. The van der Waals surface area contributed by atoms with E-state index in [0.29, 0.717) is 34.9 Å². The van der Waals surface area contributed by atoms with Crippen molar-refractivity contribution in [3.05, 3.63) is 65.9 Å². The van der Waals surface area contributed by atoms with Crippen LogP contribution in [0.2, 0.25) is 0 Å². The molecular weight excluding hydrogens is 843 g/mol. The monoisotopic (exact) mass is 899 g/mol. The first-order valence-corrected chi connectivity index (χ1v) is 21.9. The Morgan fingerprint density at radius 2 is 1.55 bits per heavy atom. The van der Waals surface area contributed by atoms with E-state index in [1.807, 2.05) is 0 Å². The summed E-state index contributed by atoms with van der Waals surface area (Å²) in [6, 6.07) is 5.56. The molecule has 3 aromatic rings. The number of aromatic hydroxyl groups is 1. The normalized spacial score (nSPS) is 24.2. The van der Waals surface area contributed by atoms with E-state index >= 15 is 0 Å². The lowest BCUT2D eigenvalue weighted by atomic mass is 9.97. The maximum atomic E-state index is 14.7. The Hall–Kier alpha value is -6.99. The molecule has 2 fully saturated rings. The maximum Gasteiger partial charge on any atom is 0.326 e. The van der Waals surface area contributed by atoms with Crippen molar-refractivity contribution in [3.8, 4) is 5.75 Å². The number of carboxylic acid groups (broad SMARTS) is 1. The van der Waals surface area contributed by atoms with Crippen LogP contribution in [0.15, 0.2) is 54.7 Å². The molecule has 6 rings (SSSR count). The first kappa shape index (κ1) is 47.5. The van der Waals surface area contributed by atoms with Gasteiger partial charge in [-0.3, -0.25) is 38.4 Å². The standard InChI is InChI=1S/C45H57N9O11/c1-5-24(4)37-42(61)49-31(45(64)65)20-26-22-54(32-10-7-6-9-28(26)32)38(43(62)51-36(23(2)3)41(60)46-21-35(57)50-37)52-39(58)30(19-25-12-14-27(55)15-13-25)48-40(59)33-11-8-18-53(33)44(63)29-16-17-34(56)47-29/h6-7,9-10,12-15,22-24,29-31,33,36-38,55H,5,8,11,16-21H2,1-4H3,(H,46,60)(H,47,56)(H,48,59)(H,49,61)(H,50,57)(H,51,62)(H,52,58)(H,64,65)/t24-,29-,30-,31-,33-,36-,37-,38+/m0/s1. The molecule has 20 heteroatoms. The van der Waals surface area contributed by atoms with Crippen molar-refractivity contribution >= 4 is 64.1 Å². The lowest BCUT2D eigenvalue weighted by Crippen LogP contribution is -2.58. The predicted molar refractivity (Wildman–Crippen MR) is 233 cm³/mol. The van der Waals surface area contributed by atoms with Gasteiger partial charge in [0.25, 0.3) is 5.91 Å². The number of carboxylic acids is 1. The van der Waals surface area contributed by atoms with Crippen molar-refractivity contribution in [3.63, 3.8) is 0 Å². The Balaban J connectivity index is 1.39. The molecule has 8 atom stereocenters. The number of fused-ring (bicyclic) bond motifs is 5. The number of hydrogen-bond acceptors (Lipinski definition) is 10. The Morgan fingerprint density at radius 1 is 0.831 bits per heavy atom. The second-order valence-electron chi connectivity index (χ2n) is 17.3. The van der Waals surface area contributed by atoms with Gasteiger partial charge in [-0.15, -0.1) is 0 Å². The summed E-state index contributed by atoms with van der Waals surface area (Å²) in [5.41, 5.74) is 1.25. The zero-order valence-corrected chi connectivity index (χ0v) is 36.7. The van der Waals surface area contributed by atoms with Crippen LogP contribution >= 0.6 is 0 Å². The van der Waals surface area contributed by atoms with Crippen LogP contribution in [0.25, 0.3) is 10.9 Å². The van der Waals surface area contributed by atoms with E-state index in [-0.39, 0.29) is 50.3 Å². The zero-order chi connectivity index (χ0) is 47.1. The molecule has 3 aliphatic rings. The van der Waals surface area contributed by atoms with Crippen molar-refractivity contribution in [2.75, 3.05) is 13.1 Å². The predicted octanol–water partition coefficient (Wildman–Crippen LogP) is -0.128. The number of likely N-dealkylation sites (tertiary alicyclic amines) is 1. The molecule has 20 nitrogen and oxygen atoms in total. The van der Waals surface area contributed by atoms with E-state index in [2.05, 4.69) is 37.2 Å². The summed E-state index contributed by atoms with van der Waals surface area (Å²) in [6.45, 7) is 6.53. The fraction of sp³-hybridized carbons (Fsp3) is 0.489. The van der Waals surface area contributed by atoms with Gasteiger partial charge in [0.1, 0.15) is 42.0 Å². The topological polar surface area (TPSA) is 286 Å². The Kier molecular flexibility index (Phi) is 15.1. The lowest BCUT2D eigenvalue weighted by Gasteiger charge is -2.30. The average Bonchev–Trinajstić information content (AvgIpc) is 4.04. The van der Waals surface area contributed by atoms with E-state index in [4.69, 9.17) is 0 Å². The fourth-order valence-corrected chi connectivity index (χ4v) is 8.45. The fourth-order valence-electron chi connectivity index (χ4n) is 8.45. The Morgan fingerprint density at radius 3 is 2.22 bits per heavy atom. The molecule has 0 spiro atoms. The van der Waals surface area contributed by atoms with E-state index in [0.717, 1.165) is 0 Å². The number of phenolic OH excluding ortho intramolecular Hbond substituents is 1. The molecule has 2 bridgehead atoms. The van der Waals surface area contributed by atoms with Crippen LogP contribution in [0.3, 0.4) is 0 Å². The van der Waals surface area contributed by atoms with Gasteiger partial charge >= 0.3 is 5.97 Å². The van der Waals surface area contributed by atoms with Crippen molar-refractivity contribution in [1.82, 2.24) is 46.7 Å². The van der Waals surface area contributed by atoms with Crippen molar-refractivity contribution < 1.29 is 53.4 Å². The molecule has 0 saturated carbocycles. The van der Waals surface area contributed by atoms with Gasteiger partial charge in [-0.2, -0.15) is 0 Å². The second kappa shape index (κ2) is 20.7. The van der Waals surface area contributed by atoms with Crippen LogP contribution in [-0.4, -0.2) is 122 Å². The van der Waals surface area contributed by atoms with E-state index in [1.54, 1.807) is 64.1 Å². The molecule has 348 valence electrons. The second-order valence-corrected chi connectivity index (χ2v) is 17.3. The number of aliphatic carboxylic acids is 1. The molecule has 1 aromatic heterocycles. The lowest BCUT2D eigenvalue weighted by molar-refractivity contribution is -0.142. The van der Waals surface area contributed by atoms with Crippen molar-refractivity contribution in [2.45, 2.75) is 115 Å². The number of hydrogen-bond donors (Lipinski definition) is 9. The summed E-state index contributed by atoms with van der Waals surface area (Å²) in [6.07, 6.45) is 1.08. The quantitative estimate of drug-likeness (QED) is 0.122. The van der Waals surface area contributed by atoms with Crippen LogP contribution in [0.1, 0.15) is 77.1 Å². The third-order valence-corrected chi connectivity index (χ3v) is 12.3. The molecule has 4 heterocycles. The van der Waals surface area contributed by atoms with Gasteiger partial charge in [-0.25, -0.2) is 4.79 Å². The van der Waals surface area contributed by atoms with Crippen LogP contribution in [-0.2, 0) is 56.0 Å². The summed E-state index contributed by atoms with van der Waals surface area (Å²) < 4.78 is 1.41. The molecule has 9 N–H and O–H groups in total. The van der Waals surface area contributed by atoms with Gasteiger partial charge in [0, 0.05) is 37.4 Å². The van der Waals surface area contributed by atoms with Gasteiger partial charge in [0.15, 0.2) is 6.17 Å². The number of para-hydroxylation sites is 1. The maximum absolute atomic E-state index is 14.7. The minimum Gasteiger partial charge on any atom is -0.508 e. The molecule has 3 aliphatic heterocycles. The third-order valence-electron chi connectivity index (χ3n) is 12.3. The van der Waals surface area contributed by atoms with Crippen LogP contribution < -0.4 is 37.2 Å². The number of amides is 8. The molecule has 0 radical (unpaired) electrons. The number of aromatic nitrogens is 1. The first-order valence-electron chi connectivity index (χ1n) is 21.9. The van der Waals surface area contributed by atoms with Crippen LogP contribution in [0.4, 0.5) is 0 Å². The number of carbonyl (C=O) groups is 9. The number of benzene rings is 2. The average molecular weight is 900 g/mol. The van der Waals surface area contributed by atoms with Gasteiger partial charge in [-0.05, 0) is 60.4 Å². The van der Waals surface area contributed by atoms with Crippen molar-refractivity contribution in [1.29, 1.82) is 0 Å². The highest BCUT2D eigenvalue weighted by Gasteiger charge is 2.41. The van der Waals surface area contributed by atoms with Gasteiger partial charge in [0.2, 0.25) is 41.4 Å². The number of phenols is 1. The minimum atomic E-state index is -1.66. The number of nitrogens with one attached hydrogen (secondary N) is 7. The highest BCUT2D eigenvalue weighted by Crippen LogP contribution is 2.27. The van der Waals surface area contributed by atoms with Crippen molar-refractivity contribution in [2.24, 2.45) is 11.8 Å². The molecular formula is C45H57N9O11. The third kappa shape index (κ3) is 11.2. The van der Waals surface area contributed by atoms with Gasteiger partial charge < -0.3 is 56.9 Å².